The molecular formula is C23H24N6O2. The zero-order chi connectivity index (χ0) is 21.6. The normalized spacial score (nSPS) is 13.5. The lowest BCUT2D eigenvalue weighted by Crippen LogP contribution is -2.40. The minimum Gasteiger partial charge on any atom is -0.378 e. The standard InChI is InChI=1S/C23H24N6O2/c1-16-14-19(6-7-20(16)28-24-2)26-21-8-9-25-22(27-21)17-4-3-5-18(15-17)23(30)29-10-12-31-13-11-29/h3-9,14-15,28H,2,10-13H2,1H3,(H,25,26,27). The molecule has 0 bridgehead atoms. The van der Waals surface area contributed by atoms with Crippen molar-refractivity contribution in [1.29, 1.82) is 0 Å². The van der Waals surface area contributed by atoms with Crippen LogP contribution in [0.2, 0.25) is 0 Å². The Morgan fingerprint density at radius 2 is 2.00 bits per heavy atom. The SMILES string of the molecule is C=NNc1ccc(Nc2ccnc(-c3cccc(C(=O)N4CCOCC4)c3)n2)cc1C. The fourth-order valence-corrected chi connectivity index (χ4v) is 3.41. The Labute approximate surface area is 181 Å². The molecule has 1 amide bonds. The third-order valence-corrected chi connectivity index (χ3v) is 5.02. The first-order valence-electron chi connectivity index (χ1n) is 10.0. The number of ether oxygens (including phenoxy) is 1. The molecule has 3 aromatic rings. The molecule has 2 aromatic carbocycles. The highest BCUT2D eigenvalue weighted by atomic mass is 16.5. The second-order valence-corrected chi connectivity index (χ2v) is 7.18. The molecular weight excluding hydrogens is 392 g/mol. The smallest absolute Gasteiger partial charge is 0.254 e. The number of aryl methyl sites for hydroxylation is 1. The van der Waals surface area contributed by atoms with Crippen molar-refractivity contribution in [2.45, 2.75) is 6.92 Å². The molecule has 1 aromatic heterocycles. The lowest BCUT2D eigenvalue weighted by molar-refractivity contribution is 0.0303. The number of hydrazone groups is 1. The summed E-state index contributed by atoms with van der Waals surface area (Å²) >= 11 is 0. The predicted octanol–water partition coefficient (Wildman–Crippen LogP) is 3.70. The van der Waals surface area contributed by atoms with Gasteiger partial charge in [-0.1, -0.05) is 12.1 Å². The van der Waals surface area contributed by atoms with Gasteiger partial charge in [-0.05, 0) is 48.9 Å². The average Bonchev–Trinajstić information content (AvgIpc) is 2.81. The number of rotatable bonds is 6. The van der Waals surface area contributed by atoms with E-state index in [-0.39, 0.29) is 5.91 Å². The highest BCUT2D eigenvalue weighted by molar-refractivity contribution is 5.95. The van der Waals surface area contributed by atoms with Gasteiger partial charge in [-0.3, -0.25) is 10.2 Å². The van der Waals surface area contributed by atoms with Crippen LogP contribution in [-0.2, 0) is 4.74 Å². The van der Waals surface area contributed by atoms with Gasteiger partial charge in [0.1, 0.15) is 5.82 Å². The number of morpholine rings is 1. The van der Waals surface area contributed by atoms with Crippen molar-refractivity contribution in [3.63, 3.8) is 0 Å². The van der Waals surface area contributed by atoms with Crippen LogP contribution in [0, 0.1) is 6.92 Å². The fraction of sp³-hybridized carbons (Fsp3) is 0.217. The van der Waals surface area contributed by atoms with E-state index in [1.807, 2.05) is 54.3 Å². The van der Waals surface area contributed by atoms with Crippen LogP contribution in [0.1, 0.15) is 15.9 Å². The van der Waals surface area contributed by atoms with Crippen LogP contribution in [-0.4, -0.2) is 53.8 Å². The molecule has 1 fully saturated rings. The first kappa shape index (κ1) is 20.5. The van der Waals surface area contributed by atoms with Gasteiger partial charge in [0.25, 0.3) is 5.91 Å². The van der Waals surface area contributed by atoms with E-state index in [9.17, 15) is 4.79 Å². The van der Waals surface area contributed by atoms with Crippen molar-refractivity contribution < 1.29 is 9.53 Å². The lowest BCUT2D eigenvalue weighted by atomic mass is 10.1. The molecule has 1 aliphatic heterocycles. The Kier molecular flexibility index (Phi) is 6.18. The first-order chi connectivity index (χ1) is 15.1. The second-order valence-electron chi connectivity index (χ2n) is 7.18. The Morgan fingerprint density at radius 3 is 2.77 bits per heavy atom. The maximum atomic E-state index is 12.8. The van der Waals surface area contributed by atoms with E-state index in [1.54, 1.807) is 12.3 Å². The summed E-state index contributed by atoms with van der Waals surface area (Å²) in [6.45, 7) is 7.79. The van der Waals surface area contributed by atoms with E-state index in [0.29, 0.717) is 43.5 Å². The summed E-state index contributed by atoms with van der Waals surface area (Å²) in [4.78, 5) is 23.6. The van der Waals surface area contributed by atoms with Gasteiger partial charge in [0, 0.05) is 42.8 Å². The summed E-state index contributed by atoms with van der Waals surface area (Å²) in [6.07, 6.45) is 1.70. The van der Waals surface area contributed by atoms with Crippen LogP contribution in [0.4, 0.5) is 17.2 Å². The summed E-state index contributed by atoms with van der Waals surface area (Å²) in [5.41, 5.74) is 7.09. The van der Waals surface area contributed by atoms with E-state index in [0.717, 1.165) is 22.5 Å². The number of nitrogens with zero attached hydrogens (tertiary/aromatic N) is 4. The molecule has 1 aliphatic rings. The van der Waals surface area contributed by atoms with E-state index >= 15 is 0 Å². The molecule has 0 aliphatic carbocycles. The van der Waals surface area contributed by atoms with Crippen molar-refractivity contribution in [2.75, 3.05) is 37.0 Å². The lowest BCUT2D eigenvalue weighted by Gasteiger charge is -2.27. The van der Waals surface area contributed by atoms with Gasteiger partial charge in [-0.25, -0.2) is 9.97 Å². The predicted molar refractivity (Wildman–Crippen MR) is 122 cm³/mol. The molecule has 31 heavy (non-hydrogen) atoms. The molecule has 4 rings (SSSR count). The van der Waals surface area contributed by atoms with Gasteiger partial charge >= 0.3 is 0 Å². The Morgan fingerprint density at radius 1 is 1.16 bits per heavy atom. The zero-order valence-corrected chi connectivity index (χ0v) is 17.3. The molecule has 1 saturated heterocycles. The number of amides is 1. The van der Waals surface area contributed by atoms with Gasteiger partial charge in [-0.15, -0.1) is 0 Å². The number of nitrogens with one attached hydrogen (secondary N) is 2. The Hall–Kier alpha value is -3.78. The summed E-state index contributed by atoms with van der Waals surface area (Å²) < 4.78 is 5.33. The molecule has 158 valence electrons. The van der Waals surface area contributed by atoms with Crippen LogP contribution in [0.3, 0.4) is 0 Å². The van der Waals surface area contributed by atoms with Crippen LogP contribution in [0.15, 0.2) is 59.8 Å². The van der Waals surface area contributed by atoms with Crippen LogP contribution in [0.5, 0.6) is 0 Å². The van der Waals surface area contributed by atoms with E-state index < -0.39 is 0 Å². The maximum Gasteiger partial charge on any atom is 0.254 e. The third kappa shape index (κ3) is 4.87. The van der Waals surface area contributed by atoms with Crippen molar-refractivity contribution in [2.24, 2.45) is 5.10 Å². The monoisotopic (exact) mass is 416 g/mol. The highest BCUT2D eigenvalue weighted by Gasteiger charge is 2.19. The van der Waals surface area contributed by atoms with Crippen molar-refractivity contribution in [1.82, 2.24) is 14.9 Å². The van der Waals surface area contributed by atoms with Crippen molar-refractivity contribution >= 4 is 29.8 Å². The molecule has 0 saturated carbocycles. The summed E-state index contributed by atoms with van der Waals surface area (Å²) in [5.74, 6) is 1.21. The Bertz CT molecular complexity index is 1090. The molecule has 2 heterocycles. The molecule has 0 unspecified atom stereocenters. The largest absolute Gasteiger partial charge is 0.378 e. The van der Waals surface area contributed by atoms with Gasteiger partial charge in [0.2, 0.25) is 0 Å². The summed E-state index contributed by atoms with van der Waals surface area (Å²) in [6, 6.07) is 15.1. The number of carbonyl (C=O) groups excluding carboxylic acids is 1. The minimum absolute atomic E-state index is 0.00221. The zero-order valence-electron chi connectivity index (χ0n) is 17.3. The third-order valence-electron chi connectivity index (χ3n) is 5.02. The molecule has 2 N–H and O–H groups in total. The van der Waals surface area contributed by atoms with Crippen LogP contribution >= 0.6 is 0 Å². The minimum atomic E-state index is -0.00221. The number of hydrogen-bond acceptors (Lipinski definition) is 7. The van der Waals surface area contributed by atoms with E-state index in [4.69, 9.17) is 4.74 Å². The topological polar surface area (TPSA) is 91.7 Å². The second kappa shape index (κ2) is 9.36. The molecule has 0 radical (unpaired) electrons. The van der Waals surface area contributed by atoms with Crippen LogP contribution in [0.25, 0.3) is 11.4 Å². The van der Waals surface area contributed by atoms with Gasteiger partial charge in [0.05, 0.1) is 18.9 Å². The quantitative estimate of drug-likeness (QED) is 0.470. The molecule has 8 nitrogen and oxygen atoms in total. The van der Waals surface area contributed by atoms with Gasteiger partial charge in [0.15, 0.2) is 5.82 Å². The average molecular weight is 416 g/mol. The number of hydrogen-bond donors (Lipinski definition) is 2. The van der Waals surface area contributed by atoms with E-state index in [2.05, 4.69) is 32.5 Å². The van der Waals surface area contributed by atoms with Crippen molar-refractivity contribution in [3.8, 4) is 11.4 Å². The Balaban J connectivity index is 1.54. The molecule has 0 atom stereocenters. The highest BCUT2D eigenvalue weighted by Crippen LogP contribution is 2.24. The summed E-state index contributed by atoms with van der Waals surface area (Å²) in [7, 11) is 0. The summed E-state index contributed by atoms with van der Waals surface area (Å²) in [5, 5.41) is 7.00. The van der Waals surface area contributed by atoms with Crippen LogP contribution < -0.4 is 10.7 Å². The number of benzene rings is 2. The van der Waals surface area contributed by atoms with Gasteiger partial charge in [-0.2, -0.15) is 5.10 Å². The first-order valence-corrected chi connectivity index (χ1v) is 10.0. The number of aromatic nitrogens is 2. The van der Waals surface area contributed by atoms with E-state index in [1.165, 1.54) is 0 Å². The van der Waals surface area contributed by atoms with Gasteiger partial charge < -0.3 is 15.0 Å². The molecule has 0 spiro atoms. The van der Waals surface area contributed by atoms with Crippen molar-refractivity contribution in [3.05, 3.63) is 65.9 Å². The number of carbonyl (C=O) groups is 1. The number of anilines is 3. The maximum absolute atomic E-state index is 12.8. The fourth-order valence-electron chi connectivity index (χ4n) is 3.41. The molecule has 8 heteroatoms.